The second-order valence-electron chi connectivity index (χ2n) is 7.43. The highest BCUT2D eigenvalue weighted by Crippen LogP contribution is 2.49. The molecule has 0 saturated heterocycles. The van der Waals surface area contributed by atoms with Gasteiger partial charge in [-0.1, -0.05) is 12.5 Å². The molecule has 2 aliphatic carbocycles. The Labute approximate surface area is 138 Å². The van der Waals surface area contributed by atoms with E-state index in [4.69, 9.17) is 0 Å². The highest BCUT2D eigenvalue weighted by molar-refractivity contribution is 6.39. The van der Waals surface area contributed by atoms with Crippen LogP contribution in [0.15, 0.2) is 18.2 Å². The van der Waals surface area contributed by atoms with Gasteiger partial charge in [0.1, 0.15) is 0 Å². The van der Waals surface area contributed by atoms with Crippen molar-refractivity contribution in [2.75, 3.05) is 5.32 Å². The number of carbonyl (C=O) groups is 2. The summed E-state index contributed by atoms with van der Waals surface area (Å²) in [5.74, 6) is 1.00. The van der Waals surface area contributed by atoms with E-state index >= 15 is 0 Å². The molecular formula is C19H26N2O2. The molecule has 1 aromatic carbocycles. The number of carbonyl (C=O) groups excluding carboxylic acids is 2. The van der Waals surface area contributed by atoms with Crippen molar-refractivity contribution in [2.45, 2.75) is 52.5 Å². The van der Waals surface area contributed by atoms with Crippen molar-refractivity contribution < 1.29 is 9.59 Å². The average molecular weight is 314 g/mol. The predicted molar refractivity (Wildman–Crippen MR) is 91.1 cm³/mol. The number of rotatable bonds is 3. The summed E-state index contributed by atoms with van der Waals surface area (Å²) >= 11 is 0. The number of hydrogen-bond acceptors (Lipinski definition) is 2. The second kappa shape index (κ2) is 6.34. The van der Waals surface area contributed by atoms with Gasteiger partial charge in [-0.05, 0) is 81.0 Å². The lowest BCUT2D eigenvalue weighted by atomic mass is 9.84. The van der Waals surface area contributed by atoms with E-state index in [0.29, 0.717) is 11.6 Å². The maximum absolute atomic E-state index is 12.2. The summed E-state index contributed by atoms with van der Waals surface area (Å²) in [6, 6.07) is 5.85. The molecule has 2 amide bonds. The minimum absolute atomic E-state index is 0.0720. The monoisotopic (exact) mass is 314 g/mol. The van der Waals surface area contributed by atoms with Crippen molar-refractivity contribution in [1.82, 2.24) is 5.32 Å². The number of fused-ring (bicyclic) bond motifs is 2. The van der Waals surface area contributed by atoms with Gasteiger partial charge in [0, 0.05) is 11.7 Å². The van der Waals surface area contributed by atoms with Crippen molar-refractivity contribution >= 4 is 17.5 Å². The standard InChI is InChI=1S/C19H26N2O2/c1-11-6-12(2)8-16(7-11)21-19(23)18(22)20-13(3)17-10-14-4-5-15(17)9-14/h6-8,13-15,17H,4-5,9-10H2,1-3H3,(H,20,22)(H,21,23). The zero-order valence-electron chi connectivity index (χ0n) is 14.2. The molecule has 2 bridgehead atoms. The SMILES string of the molecule is Cc1cc(C)cc(NC(=O)C(=O)NC(C)C2CC3CCC2C3)c1. The molecule has 124 valence electrons. The van der Waals surface area contributed by atoms with Gasteiger partial charge >= 0.3 is 11.8 Å². The molecule has 4 heteroatoms. The third-order valence-corrected chi connectivity index (χ3v) is 5.48. The van der Waals surface area contributed by atoms with Crippen LogP contribution >= 0.6 is 0 Å². The molecule has 1 aromatic rings. The molecule has 0 heterocycles. The molecule has 2 saturated carbocycles. The van der Waals surface area contributed by atoms with E-state index in [2.05, 4.69) is 10.6 Å². The maximum Gasteiger partial charge on any atom is 0.313 e. The van der Waals surface area contributed by atoms with Crippen LogP contribution in [0.2, 0.25) is 0 Å². The minimum atomic E-state index is -0.579. The number of nitrogens with one attached hydrogen (secondary N) is 2. The van der Waals surface area contributed by atoms with Crippen LogP contribution in [0.25, 0.3) is 0 Å². The fourth-order valence-electron chi connectivity index (χ4n) is 4.52. The lowest BCUT2D eigenvalue weighted by Crippen LogP contribution is -2.45. The second-order valence-corrected chi connectivity index (χ2v) is 7.43. The van der Waals surface area contributed by atoms with Crippen LogP contribution in [0.3, 0.4) is 0 Å². The molecule has 3 rings (SSSR count). The van der Waals surface area contributed by atoms with Gasteiger partial charge in [-0.3, -0.25) is 9.59 Å². The first-order chi connectivity index (χ1) is 10.9. The summed E-state index contributed by atoms with van der Waals surface area (Å²) in [5, 5.41) is 5.61. The summed E-state index contributed by atoms with van der Waals surface area (Å²) in [6.45, 7) is 5.98. The Morgan fingerprint density at radius 1 is 1.04 bits per heavy atom. The first kappa shape index (κ1) is 16.0. The third kappa shape index (κ3) is 3.57. The van der Waals surface area contributed by atoms with Crippen LogP contribution in [0.1, 0.15) is 43.7 Å². The van der Waals surface area contributed by atoms with Gasteiger partial charge in [0.2, 0.25) is 0 Å². The van der Waals surface area contributed by atoms with Crippen molar-refractivity contribution in [3.05, 3.63) is 29.3 Å². The van der Waals surface area contributed by atoms with Gasteiger partial charge in [0.05, 0.1) is 0 Å². The van der Waals surface area contributed by atoms with Crippen LogP contribution in [0.4, 0.5) is 5.69 Å². The molecule has 0 aromatic heterocycles. The average Bonchev–Trinajstić information content (AvgIpc) is 3.08. The van der Waals surface area contributed by atoms with Crippen LogP contribution in [0.5, 0.6) is 0 Å². The van der Waals surface area contributed by atoms with Crippen LogP contribution in [0, 0.1) is 31.6 Å². The molecule has 2 fully saturated rings. The van der Waals surface area contributed by atoms with E-state index < -0.39 is 11.8 Å². The predicted octanol–water partition coefficient (Wildman–Crippen LogP) is 3.18. The first-order valence-corrected chi connectivity index (χ1v) is 8.62. The normalized spacial score (nSPS) is 26.8. The summed E-state index contributed by atoms with van der Waals surface area (Å²) in [4.78, 5) is 24.3. The van der Waals surface area contributed by atoms with E-state index in [1.807, 2.05) is 39.0 Å². The third-order valence-electron chi connectivity index (χ3n) is 5.48. The summed E-state index contributed by atoms with van der Waals surface area (Å²) in [7, 11) is 0. The Hall–Kier alpha value is -1.84. The molecule has 4 atom stereocenters. The Balaban J connectivity index is 1.56. The molecule has 4 nitrogen and oxygen atoms in total. The van der Waals surface area contributed by atoms with Gasteiger partial charge in [-0.25, -0.2) is 0 Å². The minimum Gasteiger partial charge on any atom is -0.345 e. The fraction of sp³-hybridized carbons (Fsp3) is 0.579. The Morgan fingerprint density at radius 3 is 2.30 bits per heavy atom. The molecule has 0 spiro atoms. The molecule has 2 aliphatic rings. The maximum atomic E-state index is 12.2. The van der Waals surface area contributed by atoms with Crippen molar-refractivity contribution in [1.29, 1.82) is 0 Å². The topological polar surface area (TPSA) is 58.2 Å². The lowest BCUT2D eigenvalue weighted by Gasteiger charge is -2.28. The van der Waals surface area contributed by atoms with Gasteiger partial charge in [0.25, 0.3) is 0 Å². The molecule has 4 unspecified atom stereocenters. The van der Waals surface area contributed by atoms with Gasteiger partial charge < -0.3 is 10.6 Å². The summed E-state index contributed by atoms with van der Waals surface area (Å²) in [6.07, 6.45) is 5.13. The highest BCUT2D eigenvalue weighted by atomic mass is 16.2. The van der Waals surface area contributed by atoms with E-state index in [1.54, 1.807) is 0 Å². The van der Waals surface area contributed by atoms with Crippen LogP contribution in [-0.4, -0.2) is 17.9 Å². The van der Waals surface area contributed by atoms with Gasteiger partial charge in [0.15, 0.2) is 0 Å². The highest BCUT2D eigenvalue weighted by Gasteiger charge is 2.42. The van der Waals surface area contributed by atoms with Crippen molar-refractivity contribution in [2.24, 2.45) is 17.8 Å². The van der Waals surface area contributed by atoms with Crippen LogP contribution < -0.4 is 10.6 Å². The van der Waals surface area contributed by atoms with E-state index in [1.165, 1.54) is 25.7 Å². The number of hydrogen-bond donors (Lipinski definition) is 2. The fourth-order valence-corrected chi connectivity index (χ4v) is 4.52. The Morgan fingerprint density at radius 2 is 1.74 bits per heavy atom. The number of aryl methyl sites for hydroxylation is 2. The molecule has 0 aliphatic heterocycles. The van der Waals surface area contributed by atoms with E-state index in [-0.39, 0.29) is 6.04 Å². The summed E-state index contributed by atoms with van der Waals surface area (Å²) < 4.78 is 0. The number of anilines is 1. The molecular weight excluding hydrogens is 288 g/mol. The molecule has 23 heavy (non-hydrogen) atoms. The molecule has 0 radical (unpaired) electrons. The quantitative estimate of drug-likeness (QED) is 0.842. The van der Waals surface area contributed by atoms with E-state index in [9.17, 15) is 9.59 Å². The van der Waals surface area contributed by atoms with Crippen LogP contribution in [-0.2, 0) is 9.59 Å². The Bertz CT molecular complexity index is 606. The Kier molecular flexibility index (Phi) is 4.42. The largest absolute Gasteiger partial charge is 0.345 e. The van der Waals surface area contributed by atoms with Gasteiger partial charge in [-0.15, -0.1) is 0 Å². The number of benzene rings is 1. The smallest absolute Gasteiger partial charge is 0.313 e. The number of amides is 2. The zero-order valence-corrected chi connectivity index (χ0v) is 14.2. The molecule has 2 N–H and O–H groups in total. The van der Waals surface area contributed by atoms with Crippen molar-refractivity contribution in [3.63, 3.8) is 0 Å². The lowest BCUT2D eigenvalue weighted by molar-refractivity contribution is -0.136. The first-order valence-electron chi connectivity index (χ1n) is 8.62. The zero-order chi connectivity index (χ0) is 16.6. The summed E-state index contributed by atoms with van der Waals surface area (Å²) in [5.41, 5.74) is 2.81. The van der Waals surface area contributed by atoms with Gasteiger partial charge in [-0.2, -0.15) is 0 Å². The van der Waals surface area contributed by atoms with E-state index in [0.717, 1.165) is 23.0 Å². The van der Waals surface area contributed by atoms with Crippen molar-refractivity contribution in [3.8, 4) is 0 Å².